The lowest BCUT2D eigenvalue weighted by Crippen LogP contribution is -2.50. The molecule has 1 aromatic carbocycles. The highest BCUT2D eigenvalue weighted by Crippen LogP contribution is 2.26. The zero-order valence-corrected chi connectivity index (χ0v) is 18.8. The van der Waals surface area contributed by atoms with Crippen LogP contribution in [0.25, 0.3) is 0 Å². The van der Waals surface area contributed by atoms with Gasteiger partial charge in [0.25, 0.3) is 0 Å². The molecule has 0 spiro atoms. The molecule has 1 aromatic heterocycles. The lowest BCUT2D eigenvalue weighted by Gasteiger charge is -2.35. The topological polar surface area (TPSA) is 61.4 Å². The number of carbonyl (C=O) groups is 1. The minimum atomic E-state index is -0.0878. The van der Waals surface area contributed by atoms with E-state index in [4.69, 9.17) is 4.98 Å². The number of nitrogens with zero attached hydrogens (tertiary/aromatic N) is 4. The van der Waals surface area contributed by atoms with Crippen LogP contribution in [-0.4, -0.2) is 47.1 Å². The van der Waals surface area contributed by atoms with Gasteiger partial charge in [-0.25, -0.2) is 14.8 Å². The first-order valence-electron chi connectivity index (χ1n) is 8.95. The van der Waals surface area contributed by atoms with E-state index < -0.39 is 0 Å². The van der Waals surface area contributed by atoms with E-state index >= 15 is 0 Å². The van der Waals surface area contributed by atoms with Crippen molar-refractivity contribution in [2.24, 2.45) is 0 Å². The SMILES string of the molecule is Cc1cc(N2CCN(C(=O)Nc3cc(Br)ccc3Br)CC2)nc(C(C)C)n1. The van der Waals surface area contributed by atoms with Gasteiger partial charge in [0.05, 0.1) is 5.69 Å². The Kier molecular flexibility index (Phi) is 6.37. The second-order valence-electron chi connectivity index (χ2n) is 6.91. The van der Waals surface area contributed by atoms with Gasteiger partial charge in [0.1, 0.15) is 11.6 Å². The smallest absolute Gasteiger partial charge is 0.321 e. The number of anilines is 2. The van der Waals surface area contributed by atoms with Gasteiger partial charge in [-0.05, 0) is 41.1 Å². The summed E-state index contributed by atoms with van der Waals surface area (Å²) in [5.41, 5.74) is 1.73. The summed E-state index contributed by atoms with van der Waals surface area (Å²) < 4.78 is 1.78. The molecule has 0 saturated carbocycles. The maximum atomic E-state index is 12.6. The van der Waals surface area contributed by atoms with Crippen LogP contribution in [0.3, 0.4) is 0 Å². The second-order valence-corrected chi connectivity index (χ2v) is 8.68. The van der Waals surface area contributed by atoms with Gasteiger partial charge in [-0.3, -0.25) is 0 Å². The summed E-state index contributed by atoms with van der Waals surface area (Å²) in [6.45, 7) is 9.00. The number of piperazine rings is 1. The first kappa shape index (κ1) is 20.1. The number of carbonyl (C=O) groups excluding carboxylic acids is 1. The number of hydrogen-bond acceptors (Lipinski definition) is 4. The quantitative estimate of drug-likeness (QED) is 0.663. The molecule has 8 heteroatoms. The fourth-order valence-electron chi connectivity index (χ4n) is 2.92. The average molecular weight is 497 g/mol. The van der Waals surface area contributed by atoms with Gasteiger partial charge in [-0.2, -0.15) is 0 Å². The molecule has 27 heavy (non-hydrogen) atoms. The molecule has 1 fully saturated rings. The Bertz CT molecular complexity index is 835. The van der Waals surface area contributed by atoms with Crippen molar-refractivity contribution < 1.29 is 4.79 Å². The molecule has 0 radical (unpaired) electrons. The number of urea groups is 1. The van der Waals surface area contributed by atoms with E-state index in [0.29, 0.717) is 19.0 Å². The molecular formula is C19H23Br2N5O. The molecular weight excluding hydrogens is 474 g/mol. The third kappa shape index (κ3) is 4.99. The summed E-state index contributed by atoms with van der Waals surface area (Å²) in [6.07, 6.45) is 0. The third-order valence-corrected chi connectivity index (χ3v) is 5.62. The molecule has 0 unspecified atom stereocenters. The van der Waals surface area contributed by atoms with Gasteiger partial charge in [-0.15, -0.1) is 0 Å². The zero-order valence-electron chi connectivity index (χ0n) is 15.7. The molecule has 3 rings (SSSR count). The van der Waals surface area contributed by atoms with Crippen molar-refractivity contribution in [3.05, 3.63) is 44.7 Å². The summed E-state index contributed by atoms with van der Waals surface area (Å²) in [5, 5.41) is 2.97. The lowest BCUT2D eigenvalue weighted by molar-refractivity contribution is 0.208. The fourth-order valence-corrected chi connectivity index (χ4v) is 3.63. The number of aryl methyl sites for hydroxylation is 1. The minimum absolute atomic E-state index is 0.0878. The Labute approximate surface area is 176 Å². The van der Waals surface area contributed by atoms with Crippen molar-refractivity contribution in [2.45, 2.75) is 26.7 Å². The van der Waals surface area contributed by atoms with Crippen molar-refractivity contribution in [3.63, 3.8) is 0 Å². The van der Waals surface area contributed by atoms with E-state index in [1.165, 1.54) is 0 Å². The number of aromatic nitrogens is 2. The molecule has 0 bridgehead atoms. The first-order chi connectivity index (χ1) is 12.8. The van der Waals surface area contributed by atoms with Crippen LogP contribution in [0, 0.1) is 6.92 Å². The molecule has 2 aromatic rings. The van der Waals surface area contributed by atoms with Crippen molar-refractivity contribution >= 4 is 49.4 Å². The normalized spacial score (nSPS) is 14.6. The van der Waals surface area contributed by atoms with E-state index in [0.717, 1.165) is 45.1 Å². The van der Waals surface area contributed by atoms with Crippen LogP contribution in [0.1, 0.15) is 31.3 Å². The maximum absolute atomic E-state index is 12.6. The van der Waals surface area contributed by atoms with Crippen LogP contribution in [-0.2, 0) is 0 Å². The van der Waals surface area contributed by atoms with Gasteiger partial charge in [0.15, 0.2) is 0 Å². The molecule has 0 aliphatic carbocycles. The second kappa shape index (κ2) is 8.56. The van der Waals surface area contributed by atoms with E-state index in [-0.39, 0.29) is 6.03 Å². The Morgan fingerprint density at radius 1 is 1.11 bits per heavy atom. The number of nitrogens with one attached hydrogen (secondary N) is 1. The number of benzene rings is 1. The molecule has 1 saturated heterocycles. The van der Waals surface area contributed by atoms with E-state index in [1.807, 2.05) is 36.1 Å². The monoisotopic (exact) mass is 495 g/mol. The van der Waals surface area contributed by atoms with Crippen LogP contribution in [0.15, 0.2) is 33.2 Å². The summed E-state index contributed by atoms with van der Waals surface area (Å²) >= 11 is 6.90. The molecule has 0 atom stereocenters. The highest BCUT2D eigenvalue weighted by molar-refractivity contribution is 9.11. The standard InChI is InChI=1S/C19H23Br2N5O/c1-12(2)18-22-13(3)10-17(24-18)25-6-8-26(9-7-25)19(27)23-16-11-14(20)4-5-15(16)21/h4-5,10-12H,6-9H2,1-3H3,(H,23,27). The Hall–Kier alpha value is -1.67. The molecule has 2 heterocycles. The minimum Gasteiger partial charge on any atom is -0.353 e. The van der Waals surface area contributed by atoms with Gasteiger partial charge in [0, 0.05) is 52.8 Å². The van der Waals surface area contributed by atoms with E-state index in [9.17, 15) is 4.79 Å². The van der Waals surface area contributed by atoms with Crippen LogP contribution >= 0.6 is 31.9 Å². The summed E-state index contributed by atoms with van der Waals surface area (Å²) in [7, 11) is 0. The van der Waals surface area contributed by atoms with Crippen molar-refractivity contribution in [1.82, 2.24) is 14.9 Å². The first-order valence-corrected chi connectivity index (χ1v) is 10.5. The highest BCUT2D eigenvalue weighted by Gasteiger charge is 2.23. The molecule has 6 nitrogen and oxygen atoms in total. The third-order valence-electron chi connectivity index (χ3n) is 4.44. The van der Waals surface area contributed by atoms with Crippen LogP contribution in [0.5, 0.6) is 0 Å². The fraction of sp³-hybridized carbons (Fsp3) is 0.421. The average Bonchev–Trinajstić information content (AvgIpc) is 2.64. The molecule has 2 amide bonds. The van der Waals surface area contributed by atoms with Gasteiger partial charge >= 0.3 is 6.03 Å². The van der Waals surface area contributed by atoms with Gasteiger partial charge < -0.3 is 15.1 Å². The number of halogens is 2. The summed E-state index contributed by atoms with van der Waals surface area (Å²) in [5.74, 6) is 2.10. The predicted molar refractivity (Wildman–Crippen MR) is 116 cm³/mol. The molecule has 1 aliphatic rings. The highest BCUT2D eigenvalue weighted by atomic mass is 79.9. The molecule has 144 valence electrons. The number of hydrogen-bond donors (Lipinski definition) is 1. The number of amides is 2. The predicted octanol–water partition coefficient (Wildman–Crippen LogP) is 4.79. The lowest BCUT2D eigenvalue weighted by atomic mass is 10.2. The Morgan fingerprint density at radius 2 is 1.81 bits per heavy atom. The van der Waals surface area contributed by atoms with Gasteiger partial charge in [-0.1, -0.05) is 29.8 Å². The van der Waals surface area contributed by atoms with Gasteiger partial charge in [0.2, 0.25) is 0 Å². The maximum Gasteiger partial charge on any atom is 0.321 e. The summed E-state index contributed by atoms with van der Waals surface area (Å²) in [4.78, 5) is 25.9. The van der Waals surface area contributed by atoms with Crippen molar-refractivity contribution in [3.8, 4) is 0 Å². The van der Waals surface area contributed by atoms with E-state index in [2.05, 4.69) is 60.9 Å². The van der Waals surface area contributed by atoms with Crippen LogP contribution in [0.2, 0.25) is 0 Å². The largest absolute Gasteiger partial charge is 0.353 e. The Morgan fingerprint density at radius 3 is 2.48 bits per heavy atom. The van der Waals surface area contributed by atoms with Crippen molar-refractivity contribution in [1.29, 1.82) is 0 Å². The Balaban J connectivity index is 1.63. The summed E-state index contributed by atoms with van der Waals surface area (Å²) in [6, 6.07) is 7.64. The van der Waals surface area contributed by atoms with Crippen LogP contribution < -0.4 is 10.2 Å². The molecule has 1 N–H and O–H groups in total. The molecule has 1 aliphatic heterocycles. The van der Waals surface area contributed by atoms with Crippen LogP contribution in [0.4, 0.5) is 16.3 Å². The van der Waals surface area contributed by atoms with E-state index in [1.54, 1.807) is 0 Å². The van der Waals surface area contributed by atoms with Crippen molar-refractivity contribution in [2.75, 3.05) is 36.4 Å². The zero-order chi connectivity index (χ0) is 19.6. The number of rotatable bonds is 3.